The van der Waals surface area contributed by atoms with Crippen molar-refractivity contribution in [2.45, 2.75) is 46.2 Å². The highest BCUT2D eigenvalue weighted by atomic mass is 16.4. The number of amides is 2. The van der Waals surface area contributed by atoms with Gasteiger partial charge in [0.25, 0.3) is 0 Å². The Hall–Kier alpha value is -1.85. The number of hydrogen-bond donors (Lipinski definition) is 1. The first-order chi connectivity index (χ1) is 9.01. The predicted octanol–water partition coefficient (Wildman–Crippen LogP) is 0.919. The van der Waals surface area contributed by atoms with Crippen LogP contribution < -0.4 is 5.32 Å². The summed E-state index contributed by atoms with van der Waals surface area (Å²) in [5.41, 5.74) is 0.814. The second-order valence-electron chi connectivity index (χ2n) is 4.85. The van der Waals surface area contributed by atoms with E-state index in [1.807, 2.05) is 20.8 Å². The molecule has 1 N–H and O–H groups in total. The molecule has 2 amide bonds. The zero-order chi connectivity index (χ0) is 14.0. The molecule has 6 heteroatoms. The molecule has 2 heterocycles. The molecule has 1 atom stereocenters. The highest BCUT2D eigenvalue weighted by molar-refractivity contribution is 5.94. The Morgan fingerprint density at radius 2 is 2.16 bits per heavy atom. The zero-order valence-electron chi connectivity index (χ0n) is 11.5. The van der Waals surface area contributed by atoms with Crippen LogP contribution in [0.5, 0.6) is 0 Å². The molecule has 1 aliphatic heterocycles. The van der Waals surface area contributed by atoms with Gasteiger partial charge < -0.3 is 14.6 Å². The molecule has 1 aromatic rings. The normalized spacial score (nSPS) is 19.7. The Kier molecular flexibility index (Phi) is 3.87. The minimum atomic E-state index is -0.414. The van der Waals surface area contributed by atoms with Crippen molar-refractivity contribution in [1.29, 1.82) is 0 Å². The lowest BCUT2D eigenvalue weighted by Gasteiger charge is -2.31. The average molecular weight is 265 g/mol. The zero-order valence-corrected chi connectivity index (χ0v) is 11.5. The first kappa shape index (κ1) is 13.6. The third-order valence-electron chi connectivity index (χ3n) is 3.26. The largest absolute Gasteiger partial charge is 0.444 e. The second-order valence-corrected chi connectivity index (χ2v) is 4.85. The molecule has 0 bridgehead atoms. The van der Waals surface area contributed by atoms with Gasteiger partial charge in [0, 0.05) is 0 Å². The Labute approximate surface area is 112 Å². The molecular formula is C13H19N3O3. The summed E-state index contributed by atoms with van der Waals surface area (Å²) in [6, 6.07) is -0.414. The van der Waals surface area contributed by atoms with Crippen LogP contribution in [0.25, 0.3) is 0 Å². The standard InChI is InChI=1S/C13H19N3O3/c1-4-5-10-13(18)16(6-11(17)15-10)7-12-14-8(2)9(3)19-12/h10H,4-7H2,1-3H3,(H,15,17). The van der Waals surface area contributed by atoms with Crippen molar-refractivity contribution in [1.82, 2.24) is 15.2 Å². The first-order valence-electron chi connectivity index (χ1n) is 6.52. The van der Waals surface area contributed by atoms with Gasteiger partial charge in [0.2, 0.25) is 17.7 Å². The average Bonchev–Trinajstić information content (AvgIpc) is 2.65. The van der Waals surface area contributed by atoms with Crippen LogP contribution >= 0.6 is 0 Å². The molecule has 0 aromatic carbocycles. The summed E-state index contributed by atoms with van der Waals surface area (Å²) in [4.78, 5) is 29.6. The van der Waals surface area contributed by atoms with E-state index in [4.69, 9.17) is 4.42 Å². The molecular weight excluding hydrogens is 246 g/mol. The molecule has 1 unspecified atom stereocenters. The lowest BCUT2D eigenvalue weighted by molar-refractivity contribution is -0.145. The van der Waals surface area contributed by atoms with Gasteiger partial charge in [0.15, 0.2) is 0 Å². The summed E-state index contributed by atoms with van der Waals surface area (Å²) in [6.45, 7) is 5.99. The van der Waals surface area contributed by atoms with Crippen molar-refractivity contribution < 1.29 is 14.0 Å². The molecule has 1 aromatic heterocycles. The summed E-state index contributed by atoms with van der Waals surface area (Å²) in [5, 5.41) is 2.72. The van der Waals surface area contributed by atoms with Crippen molar-refractivity contribution in [2.24, 2.45) is 0 Å². The number of rotatable bonds is 4. The van der Waals surface area contributed by atoms with Crippen molar-refractivity contribution in [3.63, 3.8) is 0 Å². The summed E-state index contributed by atoms with van der Waals surface area (Å²) in [6.07, 6.45) is 1.51. The van der Waals surface area contributed by atoms with E-state index < -0.39 is 6.04 Å². The second kappa shape index (κ2) is 5.42. The number of carbonyl (C=O) groups is 2. The Morgan fingerprint density at radius 1 is 1.42 bits per heavy atom. The highest BCUT2D eigenvalue weighted by Crippen LogP contribution is 2.14. The molecule has 2 rings (SSSR count). The van der Waals surface area contributed by atoms with Gasteiger partial charge in [0.05, 0.1) is 12.2 Å². The minimum Gasteiger partial charge on any atom is -0.444 e. The number of oxazole rings is 1. The Morgan fingerprint density at radius 3 is 2.74 bits per heavy atom. The summed E-state index contributed by atoms with van der Waals surface area (Å²) >= 11 is 0. The van der Waals surface area contributed by atoms with E-state index in [1.165, 1.54) is 4.90 Å². The smallest absolute Gasteiger partial charge is 0.246 e. The number of piperazine rings is 1. The summed E-state index contributed by atoms with van der Waals surface area (Å²) in [7, 11) is 0. The van der Waals surface area contributed by atoms with Gasteiger partial charge in [-0.2, -0.15) is 0 Å². The SMILES string of the molecule is CCCC1NC(=O)CN(Cc2nc(C)c(C)o2)C1=O. The van der Waals surface area contributed by atoms with Gasteiger partial charge in [-0.05, 0) is 20.3 Å². The monoisotopic (exact) mass is 265 g/mol. The number of nitrogens with zero attached hydrogens (tertiary/aromatic N) is 2. The number of hydrogen-bond acceptors (Lipinski definition) is 4. The van der Waals surface area contributed by atoms with Crippen LogP contribution in [-0.2, 0) is 16.1 Å². The van der Waals surface area contributed by atoms with Crippen molar-refractivity contribution in [3.05, 3.63) is 17.3 Å². The lowest BCUT2D eigenvalue weighted by atomic mass is 10.1. The third-order valence-corrected chi connectivity index (χ3v) is 3.26. The van der Waals surface area contributed by atoms with Crippen LogP contribution in [0.4, 0.5) is 0 Å². The molecule has 1 saturated heterocycles. The molecule has 1 fully saturated rings. The molecule has 6 nitrogen and oxygen atoms in total. The number of nitrogens with one attached hydrogen (secondary N) is 1. The van der Waals surface area contributed by atoms with Crippen LogP contribution in [0.1, 0.15) is 37.1 Å². The fourth-order valence-corrected chi connectivity index (χ4v) is 2.16. The number of carbonyl (C=O) groups excluding carboxylic acids is 2. The number of aryl methyl sites for hydroxylation is 2. The van der Waals surface area contributed by atoms with E-state index in [2.05, 4.69) is 10.3 Å². The highest BCUT2D eigenvalue weighted by Gasteiger charge is 2.32. The van der Waals surface area contributed by atoms with Crippen molar-refractivity contribution >= 4 is 11.8 Å². The van der Waals surface area contributed by atoms with Crippen LogP contribution in [0.15, 0.2) is 4.42 Å². The maximum absolute atomic E-state index is 12.2. The number of aromatic nitrogens is 1. The van der Waals surface area contributed by atoms with Gasteiger partial charge in [-0.1, -0.05) is 13.3 Å². The maximum atomic E-state index is 12.2. The van der Waals surface area contributed by atoms with Crippen LogP contribution in [0.3, 0.4) is 0 Å². The predicted molar refractivity (Wildman–Crippen MR) is 68.2 cm³/mol. The van der Waals surface area contributed by atoms with Gasteiger partial charge in [-0.15, -0.1) is 0 Å². The molecule has 0 radical (unpaired) electrons. The quantitative estimate of drug-likeness (QED) is 0.878. The van der Waals surface area contributed by atoms with Crippen molar-refractivity contribution in [2.75, 3.05) is 6.54 Å². The van der Waals surface area contributed by atoms with E-state index in [9.17, 15) is 9.59 Å². The van der Waals surface area contributed by atoms with E-state index in [0.717, 1.165) is 17.9 Å². The van der Waals surface area contributed by atoms with Crippen LogP contribution in [0, 0.1) is 13.8 Å². The Balaban J connectivity index is 2.09. The van der Waals surface area contributed by atoms with Gasteiger partial charge in [0.1, 0.15) is 18.3 Å². The minimum absolute atomic E-state index is 0.0602. The fraction of sp³-hybridized carbons (Fsp3) is 0.615. The van der Waals surface area contributed by atoms with Crippen LogP contribution in [-0.4, -0.2) is 34.3 Å². The molecule has 0 saturated carbocycles. The van der Waals surface area contributed by atoms with E-state index in [-0.39, 0.29) is 24.9 Å². The molecule has 1 aliphatic rings. The molecule has 19 heavy (non-hydrogen) atoms. The Bertz CT molecular complexity index is 476. The van der Waals surface area contributed by atoms with E-state index in [1.54, 1.807) is 0 Å². The van der Waals surface area contributed by atoms with E-state index in [0.29, 0.717) is 12.3 Å². The van der Waals surface area contributed by atoms with Gasteiger partial charge in [-0.25, -0.2) is 4.98 Å². The van der Waals surface area contributed by atoms with Crippen molar-refractivity contribution in [3.8, 4) is 0 Å². The summed E-state index contributed by atoms with van der Waals surface area (Å²) < 4.78 is 5.46. The summed E-state index contributed by atoms with van der Waals surface area (Å²) in [5.74, 6) is 1.04. The topological polar surface area (TPSA) is 75.4 Å². The molecule has 104 valence electrons. The fourth-order valence-electron chi connectivity index (χ4n) is 2.16. The van der Waals surface area contributed by atoms with Gasteiger partial charge in [-0.3, -0.25) is 9.59 Å². The maximum Gasteiger partial charge on any atom is 0.246 e. The van der Waals surface area contributed by atoms with E-state index >= 15 is 0 Å². The van der Waals surface area contributed by atoms with Crippen LogP contribution in [0.2, 0.25) is 0 Å². The molecule has 0 aliphatic carbocycles. The third kappa shape index (κ3) is 2.94. The lowest BCUT2D eigenvalue weighted by Crippen LogP contribution is -2.57. The first-order valence-corrected chi connectivity index (χ1v) is 6.52. The van der Waals surface area contributed by atoms with Gasteiger partial charge >= 0.3 is 0 Å². The molecule has 0 spiro atoms.